The van der Waals surface area contributed by atoms with Gasteiger partial charge in [0.15, 0.2) is 11.0 Å². The van der Waals surface area contributed by atoms with E-state index in [1.165, 1.54) is 41.4 Å². The van der Waals surface area contributed by atoms with Gasteiger partial charge in [0.25, 0.3) is 0 Å². The number of benzene rings is 2. The predicted molar refractivity (Wildman–Crippen MR) is 104 cm³/mol. The van der Waals surface area contributed by atoms with Gasteiger partial charge in [-0.25, -0.2) is 4.39 Å². The molecule has 0 aliphatic heterocycles. The van der Waals surface area contributed by atoms with E-state index < -0.39 is 0 Å². The smallest absolute Gasteiger partial charge is 0.234 e. The van der Waals surface area contributed by atoms with E-state index in [4.69, 9.17) is 0 Å². The van der Waals surface area contributed by atoms with Crippen molar-refractivity contribution in [1.82, 2.24) is 14.8 Å². The molecule has 0 saturated carbocycles. The molecule has 0 fully saturated rings. The minimum atomic E-state index is -0.293. The number of hydrogen-bond acceptors (Lipinski definition) is 4. The van der Waals surface area contributed by atoms with Crippen LogP contribution >= 0.6 is 11.8 Å². The molecular formula is C20H19FN4OS. The van der Waals surface area contributed by atoms with Crippen LogP contribution in [0.4, 0.5) is 10.1 Å². The molecule has 1 aliphatic carbocycles. The molecule has 5 nitrogen and oxygen atoms in total. The Bertz CT molecular complexity index is 984. The van der Waals surface area contributed by atoms with Crippen molar-refractivity contribution >= 4 is 23.4 Å². The molecule has 0 spiro atoms. The average molecular weight is 382 g/mol. The summed E-state index contributed by atoms with van der Waals surface area (Å²) in [6, 6.07) is 12.2. The Morgan fingerprint density at radius 3 is 2.74 bits per heavy atom. The van der Waals surface area contributed by atoms with Crippen LogP contribution in [0.15, 0.2) is 47.6 Å². The summed E-state index contributed by atoms with van der Waals surface area (Å²) in [6.07, 6.45) is 3.39. The molecule has 138 valence electrons. The number of aryl methyl sites for hydroxylation is 2. The molecule has 1 amide bonds. The monoisotopic (exact) mass is 382 g/mol. The van der Waals surface area contributed by atoms with Crippen LogP contribution in [0.1, 0.15) is 17.5 Å². The van der Waals surface area contributed by atoms with Gasteiger partial charge in [-0.05, 0) is 66.8 Å². The zero-order valence-electron chi connectivity index (χ0n) is 14.9. The first-order valence-electron chi connectivity index (χ1n) is 8.80. The highest BCUT2D eigenvalue weighted by molar-refractivity contribution is 7.99. The third-order valence-electron chi connectivity index (χ3n) is 4.65. The van der Waals surface area contributed by atoms with Crippen molar-refractivity contribution < 1.29 is 9.18 Å². The number of hydrogen-bond donors (Lipinski definition) is 1. The Balaban J connectivity index is 1.38. The Labute approximate surface area is 161 Å². The maximum Gasteiger partial charge on any atom is 0.234 e. The van der Waals surface area contributed by atoms with Gasteiger partial charge in [-0.15, -0.1) is 10.2 Å². The number of anilines is 1. The number of amides is 1. The van der Waals surface area contributed by atoms with Gasteiger partial charge < -0.3 is 9.88 Å². The van der Waals surface area contributed by atoms with Gasteiger partial charge in [0.05, 0.1) is 5.75 Å². The molecule has 0 saturated heterocycles. The second kappa shape index (κ2) is 7.52. The van der Waals surface area contributed by atoms with Crippen LogP contribution < -0.4 is 5.32 Å². The first kappa shape index (κ1) is 17.7. The Kier molecular flexibility index (Phi) is 4.94. The van der Waals surface area contributed by atoms with Crippen molar-refractivity contribution in [2.75, 3.05) is 11.1 Å². The zero-order chi connectivity index (χ0) is 18.8. The third kappa shape index (κ3) is 3.88. The largest absolute Gasteiger partial charge is 0.325 e. The number of thioether (sulfide) groups is 1. The van der Waals surface area contributed by atoms with Crippen molar-refractivity contribution in [2.45, 2.75) is 24.4 Å². The Morgan fingerprint density at radius 1 is 1.15 bits per heavy atom. The number of aromatic nitrogens is 3. The Morgan fingerprint density at radius 2 is 1.93 bits per heavy atom. The van der Waals surface area contributed by atoms with Crippen molar-refractivity contribution in [1.29, 1.82) is 0 Å². The van der Waals surface area contributed by atoms with Gasteiger partial charge in [0.2, 0.25) is 5.91 Å². The van der Waals surface area contributed by atoms with Crippen molar-refractivity contribution in [3.8, 4) is 11.4 Å². The lowest BCUT2D eigenvalue weighted by atomic mass is 10.1. The van der Waals surface area contributed by atoms with Gasteiger partial charge in [-0.1, -0.05) is 17.8 Å². The quantitative estimate of drug-likeness (QED) is 0.681. The molecule has 27 heavy (non-hydrogen) atoms. The van der Waals surface area contributed by atoms with Crippen LogP contribution in [0.25, 0.3) is 11.4 Å². The summed E-state index contributed by atoms with van der Waals surface area (Å²) in [5.41, 5.74) is 4.33. The molecule has 3 aromatic rings. The summed E-state index contributed by atoms with van der Waals surface area (Å²) < 4.78 is 14.9. The van der Waals surface area contributed by atoms with Crippen LogP contribution in [0.3, 0.4) is 0 Å². The highest BCUT2D eigenvalue weighted by Crippen LogP contribution is 2.26. The number of nitrogens with zero attached hydrogens (tertiary/aromatic N) is 3. The standard InChI is InChI=1S/C20H19FN4OS/c1-25-19(14-5-8-16(21)9-6-14)23-24-20(25)27-12-18(26)22-17-10-7-13-3-2-4-15(13)11-17/h5-11H,2-4,12H2,1H3,(H,22,26). The second-order valence-electron chi connectivity index (χ2n) is 6.55. The van der Waals surface area contributed by atoms with Gasteiger partial charge in [-0.3, -0.25) is 4.79 Å². The molecule has 1 heterocycles. The van der Waals surface area contributed by atoms with Gasteiger partial charge >= 0.3 is 0 Å². The van der Waals surface area contributed by atoms with E-state index >= 15 is 0 Å². The fraction of sp³-hybridized carbons (Fsp3) is 0.250. The number of fused-ring (bicyclic) bond motifs is 1. The van der Waals surface area contributed by atoms with E-state index in [1.807, 2.05) is 13.1 Å². The lowest BCUT2D eigenvalue weighted by Crippen LogP contribution is -2.14. The Hall–Kier alpha value is -2.67. The fourth-order valence-electron chi connectivity index (χ4n) is 3.27. The maximum absolute atomic E-state index is 13.1. The summed E-state index contributed by atoms with van der Waals surface area (Å²) in [5, 5.41) is 11.9. The minimum Gasteiger partial charge on any atom is -0.325 e. The molecule has 1 N–H and O–H groups in total. The molecule has 2 aromatic carbocycles. The summed E-state index contributed by atoms with van der Waals surface area (Å²) in [5.74, 6) is 0.506. The molecule has 0 bridgehead atoms. The normalized spacial score (nSPS) is 12.8. The number of carbonyl (C=O) groups excluding carboxylic acids is 1. The zero-order valence-corrected chi connectivity index (χ0v) is 15.7. The van der Waals surface area contributed by atoms with E-state index in [2.05, 4.69) is 27.6 Å². The highest BCUT2D eigenvalue weighted by atomic mass is 32.2. The van der Waals surface area contributed by atoms with Crippen molar-refractivity contribution in [3.05, 3.63) is 59.4 Å². The summed E-state index contributed by atoms with van der Waals surface area (Å²) in [7, 11) is 1.83. The minimum absolute atomic E-state index is 0.0794. The summed E-state index contributed by atoms with van der Waals surface area (Å²) in [6.45, 7) is 0. The van der Waals surface area contributed by atoms with Crippen LogP contribution in [0, 0.1) is 5.82 Å². The van der Waals surface area contributed by atoms with Crippen LogP contribution in [-0.4, -0.2) is 26.4 Å². The summed E-state index contributed by atoms with van der Waals surface area (Å²) in [4.78, 5) is 12.3. The number of carbonyl (C=O) groups is 1. The lowest BCUT2D eigenvalue weighted by Gasteiger charge is -2.07. The second-order valence-corrected chi connectivity index (χ2v) is 7.49. The van der Waals surface area contributed by atoms with Crippen molar-refractivity contribution in [2.24, 2.45) is 7.05 Å². The first-order valence-corrected chi connectivity index (χ1v) is 9.78. The maximum atomic E-state index is 13.1. The van der Waals surface area contributed by atoms with Gasteiger partial charge in [0, 0.05) is 18.3 Å². The highest BCUT2D eigenvalue weighted by Gasteiger charge is 2.14. The third-order valence-corrected chi connectivity index (χ3v) is 5.67. The predicted octanol–water partition coefficient (Wildman–Crippen LogP) is 3.84. The molecular weight excluding hydrogens is 363 g/mol. The molecule has 0 atom stereocenters. The van der Waals surface area contributed by atoms with E-state index in [0.29, 0.717) is 11.0 Å². The fourth-order valence-corrected chi connectivity index (χ4v) is 3.98. The molecule has 1 aromatic heterocycles. The van der Waals surface area contributed by atoms with Crippen LogP contribution in [0.5, 0.6) is 0 Å². The van der Waals surface area contributed by atoms with E-state index in [1.54, 1.807) is 16.7 Å². The van der Waals surface area contributed by atoms with E-state index in [-0.39, 0.29) is 17.5 Å². The van der Waals surface area contributed by atoms with E-state index in [0.717, 1.165) is 24.1 Å². The number of nitrogens with one attached hydrogen (secondary N) is 1. The summed E-state index contributed by atoms with van der Waals surface area (Å²) >= 11 is 1.32. The average Bonchev–Trinajstić information content (AvgIpc) is 3.27. The van der Waals surface area contributed by atoms with Gasteiger partial charge in [-0.2, -0.15) is 0 Å². The first-order chi connectivity index (χ1) is 13.1. The number of halogens is 1. The molecule has 4 rings (SSSR count). The molecule has 1 aliphatic rings. The van der Waals surface area contributed by atoms with E-state index in [9.17, 15) is 9.18 Å². The van der Waals surface area contributed by atoms with Crippen molar-refractivity contribution in [3.63, 3.8) is 0 Å². The number of rotatable bonds is 5. The lowest BCUT2D eigenvalue weighted by molar-refractivity contribution is -0.113. The molecule has 0 radical (unpaired) electrons. The topological polar surface area (TPSA) is 59.8 Å². The molecule has 7 heteroatoms. The molecule has 0 unspecified atom stereocenters. The van der Waals surface area contributed by atoms with Crippen LogP contribution in [-0.2, 0) is 24.7 Å². The van der Waals surface area contributed by atoms with Crippen LogP contribution in [0.2, 0.25) is 0 Å². The van der Waals surface area contributed by atoms with Gasteiger partial charge in [0.1, 0.15) is 5.82 Å². The SMILES string of the molecule is Cn1c(SCC(=O)Nc2ccc3c(c2)CCC3)nnc1-c1ccc(F)cc1.